The van der Waals surface area contributed by atoms with E-state index in [1.54, 1.807) is 0 Å². The Balaban J connectivity index is 0. The van der Waals surface area contributed by atoms with Gasteiger partial charge in [-0.1, -0.05) is 6.58 Å². The zero-order valence-corrected chi connectivity index (χ0v) is 9.49. The minimum atomic E-state index is -1.05. The van der Waals surface area contributed by atoms with E-state index in [0.29, 0.717) is 25.0 Å². The van der Waals surface area contributed by atoms with E-state index in [0.717, 1.165) is 0 Å². The number of carbonyl (C=O) groups is 2. The molecule has 0 aliphatic rings. The van der Waals surface area contributed by atoms with Crippen LogP contribution in [0.4, 0.5) is 0 Å². The Labute approximate surface area is 99.6 Å². The number of aliphatic carboxylic acids is 1. The first kappa shape index (κ1) is 16.6. The summed E-state index contributed by atoms with van der Waals surface area (Å²) >= 11 is 0. The van der Waals surface area contributed by atoms with Crippen LogP contribution in [-0.2, 0) is 26.7 Å². The molecule has 0 bridgehead atoms. The van der Waals surface area contributed by atoms with Crippen LogP contribution in [0, 0.1) is 0 Å². The predicted octanol–water partition coefficient (Wildman–Crippen LogP) is -0.132. The Bertz CT molecular complexity index is 244. The molecule has 0 spiro atoms. The van der Waals surface area contributed by atoms with Crippen molar-refractivity contribution in [2.24, 2.45) is 5.73 Å². The molecule has 6 heteroatoms. The number of carbonyl (C=O) groups excluding carboxylic acids is 1. The molecule has 0 saturated heterocycles. The number of amides is 1. The van der Waals surface area contributed by atoms with Gasteiger partial charge >= 0.3 is 5.97 Å². The fourth-order valence-corrected chi connectivity index (χ4v) is 0.861. The number of hydrogen-bond donors (Lipinski definition) is 3. The standard InChI is InChI=1S/C9H16N2O3.Cu/c1-6(2)8(12)11-7(9(13)14)4-3-5-10;/h7H,1,3-5,10H2,2H3,(H,11,12)(H,13,14);/t7-;/m0./s1. The van der Waals surface area contributed by atoms with E-state index in [1.807, 2.05) is 0 Å². The molecule has 91 valence electrons. The summed E-state index contributed by atoms with van der Waals surface area (Å²) in [6.07, 6.45) is 0.901. The summed E-state index contributed by atoms with van der Waals surface area (Å²) in [6.45, 7) is 5.35. The average molecular weight is 264 g/mol. The van der Waals surface area contributed by atoms with E-state index < -0.39 is 17.9 Å². The van der Waals surface area contributed by atoms with Gasteiger partial charge in [0.05, 0.1) is 0 Å². The van der Waals surface area contributed by atoms with Crippen LogP contribution < -0.4 is 11.1 Å². The summed E-state index contributed by atoms with van der Waals surface area (Å²) in [6, 6.07) is -0.872. The fourth-order valence-electron chi connectivity index (χ4n) is 0.861. The number of carboxylic acid groups (broad SMARTS) is 1. The second kappa shape index (κ2) is 8.47. The third-order valence-corrected chi connectivity index (χ3v) is 1.69. The first-order valence-corrected chi connectivity index (χ1v) is 4.38. The molecule has 15 heavy (non-hydrogen) atoms. The molecule has 4 N–H and O–H groups in total. The minimum Gasteiger partial charge on any atom is -0.480 e. The number of rotatable bonds is 6. The van der Waals surface area contributed by atoms with Gasteiger partial charge in [-0.15, -0.1) is 0 Å². The maximum atomic E-state index is 11.1. The van der Waals surface area contributed by atoms with Crippen molar-refractivity contribution < 1.29 is 31.8 Å². The third-order valence-electron chi connectivity index (χ3n) is 1.69. The normalized spacial score (nSPS) is 11.1. The zero-order valence-electron chi connectivity index (χ0n) is 8.55. The van der Waals surface area contributed by atoms with Gasteiger partial charge in [-0.2, -0.15) is 0 Å². The zero-order chi connectivity index (χ0) is 11.1. The van der Waals surface area contributed by atoms with Crippen LogP contribution >= 0.6 is 0 Å². The molecule has 0 aliphatic heterocycles. The summed E-state index contributed by atoms with van der Waals surface area (Å²) < 4.78 is 0. The van der Waals surface area contributed by atoms with Crippen molar-refractivity contribution in [2.75, 3.05) is 6.54 Å². The summed E-state index contributed by atoms with van der Waals surface area (Å²) in [5.74, 6) is -1.48. The molecule has 0 aromatic rings. The van der Waals surface area contributed by atoms with Gasteiger partial charge in [0.25, 0.3) is 0 Å². The summed E-state index contributed by atoms with van der Waals surface area (Å²) in [5.41, 5.74) is 5.54. The Morgan fingerprint density at radius 1 is 1.53 bits per heavy atom. The monoisotopic (exact) mass is 263 g/mol. The van der Waals surface area contributed by atoms with E-state index >= 15 is 0 Å². The van der Waals surface area contributed by atoms with Gasteiger partial charge < -0.3 is 16.2 Å². The van der Waals surface area contributed by atoms with Crippen molar-refractivity contribution in [1.29, 1.82) is 0 Å². The molecule has 0 fully saturated rings. The van der Waals surface area contributed by atoms with Crippen molar-refractivity contribution >= 4 is 11.9 Å². The van der Waals surface area contributed by atoms with Crippen molar-refractivity contribution in [3.8, 4) is 0 Å². The Kier molecular flexibility index (Phi) is 9.36. The van der Waals surface area contributed by atoms with Crippen LogP contribution in [0.1, 0.15) is 19.8 Å². The minimum absolute atomic E-state index is 0. The molecule has 1 amide bonds. The topological polar surface area (TPSA) is 92.4 Å². The molecule has 0 heterocycles. The molecule has 1 atom stereocenters. The van der Waals surface area contributed by atoms with Crippen molar-refractivity contribution in [3.05, 3.63) is 12.2 Å². The predicted molar refractivity (Wildman–Crippen MR) is 52.7 cm³/mol. The van der Waals surface area contributed by atoms with Crippen molar-refractivity contribution in [1.82, 2.24) is 5.32 Å². The molecule has 0 aromatic heterocycles. The number of nitrogens with two attached hydrogens (primary N) is 1. The van der Waals surface area contributed by atoms with Gasteiger partial charge in [0.2, 0.25) is 5.91 Å². The largest absolute Gasteiger partial charge is 0.480 e. The molecule has 0 aliphatic carbocycles. The van der Waals surface area contributed by atoms with Gasteiger partial charge in [0.1, 0.15) is 6.04 Å². The van der Waals surface area contributed by atoms with Crippen LogP contribution in [0.2, 0.25) is 0 Å². The molecule has 0 aromatic carbocycles. The van der Waals surface area contributed by atoms with Gasteiger partial charge in [-0.05, 0) is 26.3 Å². The molecule has 1 radical (unpaired) electrons. The fraction of sp³-hybridized carbons (Fsp3) is 0.556. The molecule has 0 rings (SSSR count). The van der Waals surface area contributed by atoms with Gasteiger partial charge in [-0.25, -0.2) is 4.79 Å². The quantitative estimate of drug-likeness (QED) is 0.460. The first-order valence-electron chi connectivity index (χ1n) is 4.38. The van der Waals surface area contributed by atoms with Crippen LogP contribution in [0.5, 0.6) is 0 Å². The Hall–Kier alpha value is -0.841. The van der Waals surface area contributed by atoms with Crippen LogP contribution in [0.3, 0.4) is 0 Å². The van der Waals surface area contributed by atoms with E-state index in [-0.39, 0.29) is 17.1 Å². The SMILES string of the molecule is C=C(C)C(=O)N[C@@H](CCCN)C(=O)O.[Cu]. The van der Waals surface area contributed by atoms with E-state index in [2.05, 4.69) is 11.9 Å². The summed E-state index contributed by atoms with van der Waals surface area (Å²) in [4.78, 5) is 21.8. The van der Waals surface area contributed by atoms with E-state index in [1.165, 1.54) is 6.92 Å². The maximum absolute atomic E-state index is 11.1. The Morgan fingerprint density at radius 2 is 2.07 bits per heavy atom. The van der Waals surface area contributed by atoms with Crippen LogP contribution in [-0.4, -0.2) is 29.6 Å². The van der Waals surface area contributed by atoms with Crippen molar-refractivity contribution in [3.63, 3.8) is 0 Å². The van der Waals surface area contributed by atoms with Gasteiger partial charge in [0, 0.05) is 22.6 Å². The van der Waals surface area contributed by atoms with Crippen LogP contribution in [0.15, 0.2) is 12.2 Å². The smallest absolute Gasteiger partial charge is 0.326 e. The summed E-state index contributed by atoms with van der Waals surface area (Å²) in [5, 5.41) is 11.1. The van der Waals surface area contributed by atoms with Crippen molar-refractivity contribution in [2.45, 2.75) is 25.8 Å². The maximum Gasteiger partial charge on any atom is 0.326 e. The molecule has 0 unspecified atom stereocenters. The molecule has 5 nitrogen and oxygen atoms in total. The molecule has 0 saturated carbocycles. The second-order valence-electron chi connectivity index (χ2n) is 3.08. The first-order chi connectivity index (χ1) is 6.49. The molecular weight excluding hydrogens is 248 g/mol. The number of carboxylic acids is 1. The summed E-state index contributed by atoms with van der Waals surface area (Å²) in [7, 11) is 0. The van der Waals surface area contributed by atoms with Gasteiger partial charge in [-0.3, -0.25) is 4.79 Å². The molecular formula is C9H16CuN2O3. The average Bonchev–Trinajstić information content (AvgIpc) is 2.10. The van der Waals surface area contributed by atoms with Gasteiger partial charge in [0.15, 0.2) is 0 Å². The second-order valence-corrected chi connectivity index (χ2v) is 3.08. The third kappa shape index (κ3) is 7.13. The van der Waals surface area contributed by atoms with E-state index in [4.69, 9.17) is 10.8 Å². The number of nitrogens with one attached hydrogen (secondary N) is 1. The van der Waals surface area contributed by atoms with E-state index in [9.17, 15) is 9.59 Å². The Morgan fingerprint density at radius 3 is 2.40 bits per heavy atom. The number of hydrogen-bond acceptors (Lipinski definition) is 3. The van der Waals surface area contributed by atoms with Crippen LogP contribution in [0.25, 0.3) is 0 Å².